The van der Waals surface area contributed by atoms with Gasteiger partial charge in [-0.2, -0.15) is 0 Å². The van der Waals surface area contributed by atoms with Crippen LogP contribution in [0.2, 0.25) is 0 Å². The van der Waals surface area contributed by atoms with Crippen LogP contribution in [0.25, 0.3) is 11.2 Å². The molecule has 0 bridgehead atoms. The molecule has 4 nitrogen and oxygen atoms in total. The second kappa shape index (κ2) is 2.41. The number of hydrogen-bond donors (Lipinski definition) is 1. The van der Waals surface area contributed by atoms with Gasteiger partial charge in [0.25, 0.3) is 0 Å². The summed E-state index contributed by atoms with van der Waals surface area (Å²) in [6, 6.07) is 1.90. The third kappa shape index (κ3) is 0.972. The number of pyridine rings is 1. The van der Waals surface area contributed by atoms with Gasteiger partial charge in [-0.25, -0.2) is 15.0 Å². The Hall–Kier alpha value is -1.71. The molecule has 60 valence electrons. The average Bonchev–Trinajstić information content (AvgIpc) is 2.04. The van der Waals surface area contributed by atoms with Gasteiger partial charge in [-0.3, -0.25) is 0 Å². The van der Waals surface area contributed by atoms with Gasteiger partial charge in [0.2, 0.25) is 0 Å². The first-order chi connectivity index (χ1) is 5.77. The lowest BCUT2D eigenvalue weighted by Crippen LogP contribution is -1.95. The fraction of sp³-hybridized carbons (Fsp3) is 0.125. The standard InChI is InChI=1S/C8H8N4/c1-5-2-3-10-8-7(5)11-4-6(9)12-8/h2-4H,1H3,(H2,9,10,12). The molecule has 0 spiro atoms. The van der Waals surface area contributed by atoms with Crippen LogP contribution in [-0.2, 0) is 0 Å². The van der Waals surface area contributed by atoms with Crippen molar-refractivity contribution in [1.82, 2.24) is 15.0 Å². The molecule has 2 rings (SSSR count). The molecule has 0 aliphatic heterocycles. The minimum absolute atomic E-state index is 0.403. The molecule has 0 aliphatic rings. The van der Waals surface area contributed by atoms with E-state index in [4.69, 9.17) is 5.73 Å². The third-order valence-electron chi connectivity index (χ3n) is 1.67. The Bertz CT molecular complexity index is 424. The summed E-state index contributed by atoms with van der Waals surface area (Å²) in [6.07, 6.45) is 3.24. The maximum absolute atomic E-state index is 5.46. The summed E-state index contributed by atoms with van der Waals surface area (Å²) in [5.41, 5.74) is 7.94. The zero-order chi connectivity index (χ0) is 8.55. The number of nitrogen functional groups attached to an aromatic ring is 1. The van der Waals surface area contributed by atoms with E-state index in [0.29, 0.717) is 11.5 Å². The van der Waals surface area contributed by atoms with Crippen molar-refractivity contribution >= 4 is 17.0 Å². The van der Waals surface area contributed by atoms with Crippen LogP contribution in [0.4, 0.5) is 5.82 Å². The van der Waals surface area contributed by atoms with Crippen molar-refractivity contribution in [2.24, 2.45) is 0 Å². The molecule has 0 aromatic carbocycles. The predicted molar refractivity (Wildman–Crippen MR) is 46.5 cm³/mol. The van der Waals surface area contributed by atoms with Gasteiger partial charge in [-0.15, -0.1) is 0 Å². The summed E-state index contributed by atoms with van der Waals surface area (Å²) in [5, 5.41) is 0. The molecule has 0 unspecified atom stereocenters. The molecule has 0 aliphatic carbocycles. The van der Waals surface area contributed by atoms with Gasteiger partial charge in [0, 0.05) is 6.20 Å². The van der Waals surface area contributed by atoms with E-state index < -0.39 is 0 Å². The highest BCUT2D eigenvalue weighted by molar-refractivity contribution is 5.74. The summed E-state index contributed by atoms with van der Waals surface area (Å²) in [4.78, 5) is 12.2. The van der Waals surface area contributed by atoms with Crippen molar-refractivity contribution in [2.75, 3.05) is 5.73 Å². The summed E-state index contributed by atoms with van der Waals surface area (Å²) in [5.74, 6) is 0.403. The molecule has 4 heteroatoms. The topological polar surface area (TPSA) is 64.7 Å². The summed E-state index contributed by atoms with van der Waals surface area (Å²) >= 11 is 0. The average molecular weight is 160 g/mol. The number of nitrogens with two attached hydrogens (primary N) is 1. The molecule has 0 saturated carbocycles. The molecule has 0 saturated heterocycles. The minimum atomic E-state index is 0.403. The van der Waals surface area contributed by atoms with Crippen molar-refractivity contribution in [3.8, 4) is 0 Å². The maximum Gasteiger partial charge on any atom is 0.180 e. The van der Waals surface area contributed by atoms with Gasteiger partial charge in [0.05, 0.1) is 6.20 Å². The fourth-order valence-electron chi connectivity index (χ4n) is 1.06. The van der Waals surface area contributed by atoms with E-state index in [0.717, 1.165) is 11.1 Å². The van der Waals surface area contributed by atoms with Crippen molar-refractivity contribution < 1.29 is 0 Å². The summed E-state index contributed by atoms with van der Waals surface area (Å²) in [7, 11) is 0. The fourth-order valence-corrected chi connectivity index (χ4v) is 1.06. The Balaban J connectivity index is 2.86. The Morgan fingerprint density at radius 3 is 3.00 bits per heavy atom. The zero-order valence-corrected chi connectivity index (χ0v) is 6.65. The number of anilines is 1. The van der Waals surface area contributed by atoms with Crippen LogP contribution in [-0.4, -0.2) is 15.0 Å². The highest BCUT2D eigenvalue weighted by Gasteiger charge is 1.99. The minimum Gasteiger partial charge on any atom is -0.382 e. The van der Waals surface area contributed by atoms with Crippen molar-refractivity contribution in [2.45, 2.75) is 6.92 Å². The van der Waals surface area contributed by atoms with E-state index >= 15 is 0 Å². The van der Waals surface area contributed by atoms with Crippen LogP contribution < -0.4 is 5.73 Å². The molecule has 0 radical (unpaired) electrons. The van der Waals surface area contributed by atoms with E-state index in [1.165, 1.54) is 6.20 Å². The number of nitrogens with zero attached hydrogens (tertiary/aromatic N) is 3. The van der Waals surface area contributed by atoms with Gasteiger partial charge in [0.1, 0.15) is 11.3 Å². The van der Waals surface area contributed by atoms with Gasteiger partial charge >= 0.3 is 0 Å². The number of fused-ring (bicyclic) bond motifs is 1. The second-order valence-corrected chi connectivity index (χ2v) is 2.59. The number of aryl methyl sites for hydroxylation is 1. The molecule has 0 amide bonds. The van der Waals surface area contributed by atoms with Gasteiger partial charge < -0.3 is 5.73 Å². The zero-order valence-electron chi connectivity index (χ0n) is 6.65. The van der Waals surface area contributed by atoms with Gasteiger partial charge in [-0.1, -0.05) is 0 Å². The number of rotatable bonds is 0. The third-order valence-corrected chi connectivity index (χ3v) is 1.67. The smallest absolute Gasteiger partial charge is 0.180 e. The first-order valence-electron chi connectivity index (χ1n) is 3.61. The van der Waals surface area contributed by atoms with Crippen LogP contribution in [0, 0.1) is 6.92 Å². The lowest BCUT2D eigenvalue weighted by atomic mass is 10.2. The van der Waals surface area contributed by atoms with Crippen molar-refractivity contribution in [1.29, 1.82) is 0 Å². The van der Waals surface area contributed by atoms with Gasteiger partial charge in [-0.05, 0) is 18.6 Å². The van der Waals surface area contributed by atoms with E-state index in [9.17, 15) is 0 Å². The highest BCUT2D eigenvalue weighted by Crippen LogP contribution is 2.11. The molecule has 0 atom stereocenters. The van der Waals surface area contributed by atoms with Crippen LogP contribution in [0.3, 0.4) is 0 Å². The van der Waals surface area contributed by atoms with Crippen LogP contribution in [0.15, 0.2) is 18.5 Å². The monoisotopic (exact) mass is 160 g/mol. The molecule has 12 heavy (non-hydrogen) atoms. The van der Waals surface area contributed by atoms with E-state index in [-0.39, 0.29) is 0 Å². The first kappa shape index (κ1) is 6.97. The summed E-state index contributed by atoms with van der Waals surface area (Å²) < 4.78 is 0. The van der Waals surface area contributed by atoms with Crippen LogP contribution in [0.5, 0.6) is 0 Å². The van der Waals surface area contributed by atoms with Crippen LogP contribution in [0.1, 0.15) is 5.56 Å². The second-order valence-electron chi connectivity index (χ2n) is 2.59. The number of aromatic nitrogens is 3. The van der Waals surface area contributed by atoms with E-state index in [1.54, 1.807) is 6.20 Å². The number of hydrogen-bond acceptors (Lipinski definition) is 4. The normalized spacial score (nSPS) is 10.4. The predicted octanol–water partition coefficient (Wildman–Crippen LogP) is 0.915. The van der Waals surface area contributed by atoms with E-state index in [1.807, 2.05) is 13.0 Å². The molecule has 2 N–H and O–H groups in total. The van der Waals surface area contributed by atoms with Crippen molar-refractivity contribution in [3.63, 3.8) is 0 Å². The molecule has 2 aromatic rings. The Morgan fingerprint density at radius 2 is 2.17 bits per heavy atom. The Labute approximate surface area is 69.5 Å². The highest BCUT2D eigenvalue weighted by atomic mass is 15.0. The largest absolute Gasteiger partial charge is 0.382 e. The SMILES string of the molecule is Cc1ccnc2nc(N)cnc12. The quantitative estimate of drug-likeness (QED) is 0.622. The van der Waals surface area contributed by atoms with Crippen molar-refractivity contribution in [3.05, 3.63) is 24.0 Å². The van der Waals surface area contributed by atoms with Gasteiger partial charge in [0.15, 0.2) is 5.65 Å². The lowest BCUT2D eigenvalue weighted by molar-refractivity contribution is 1.21. The maximum atomic E-state index is 5.46. The Morgan fingerprint density at radius 1 is 1.33 bits per heavy atom. The Kier molecular flexibility index (Phi) is 1.40. The molecular formula is C8H8N4. The first-order valence-corrected chi connectivity index (χ1v) is 3.61. The molecule has 2 aromatic heterocycles. The molecule has 2 heterocycles. The van der Waals surface area contributed by atoms with Crippen LogP contribution >= 0.6 is 0 Å². The summed E-state index contributed by atoms with van der Waals surface area (Å²) in [6.45, 7) is 1.97. The van der Waals surface area contributed by atoms with E-state index in [2.05, 4.69) is 15.0 Å². The molecular weight excluding hydrogens is 152 g/mol. The molecule has 0 fully saturated rings. The lowest BCUT2D eigenvalue weighted by Gasteiger charge is -1.98.